The van der Waals surface area contributed by atoms with E-state index in [9.17, 15) is 4.79 Å². The number of ketones is 1. The second-order valence-electron chi connectivity index (χ2n) is 4.37. The highest BCUT2D eigenvalue weighted by atomic mass is 79.9. The zero-order valence-electron chi connectivity index (χ0n) is 10.9. The summed E-state index contributed by atoms with van der Waals surface area (Å²) in [4.78, 5) is 12.0. The maximum Gasteiger partial charge on any atom is 0.180 e. The normalized spacial score (nSPS) is 11.9. The standard InChI is InChI=1S/C16H15BrO2/c1-11-3-5-12(6-4-11)15(17)16(18)13-7-9-14(19-2)10-8-13/h3-10,15H,1-2H3/t15-/m1/s1. The van der Waals surface area contributed by atoms with E-state index in [1.807, 2.05) is 31.2 Å². The second kappa shape index (κ2) is 6.02. The maximum atomic E-state index is 12.3. The fraction of sp³-hybridized carbons (Fsp3) is 0.188. The molecule has 0 N–H and O–H groups in total. The lowest BCUT2D eigenvalue weighted by molar-refractivity contribution is 0.0991. The molecule has 3 heteroatoms. The van der Waals surface area contributed by atoms with Crippen LogP contribution in [0.25, 0.3) is 0 Å². The topological polar surface area (TPSA) is 26.3 Å². The van der Waals surface area contributed by atoms with E-state index in [2.05, 4.69) is 15.9 Å². The summed E-state index contributed by atoms with van der Waals surface area (Å²) in [6.07, 6.45) is 0. The number of alkyl halides is 1. The predicted molar refractivity (Wildman–Crippen MR) is 80.2 cm³/mol. The molecule has 0 unspecified atom stereocenters. The first-order chi connectivity index (χ1) is 9.11. The number of hydrogen-bond acceptors (Lipinski definition) is 2. The van der Waals surface area contributed by atoms with Gasteiger partial charge >= 0.3 is 0 Å². The van der Waals surface area contributed by atoms with Crippen molar-refractivity contribution in [1.82, 2.24) is 0 Å². The molecule has 0 bridgehead atoms. The first-order valence-electron chi connectivity index (χ1n) is 6.00. The summed E-state index contributed by atoms with van der Waals surface area (Å²) in [6, 6.07) is 15.1. The molecule has 0 aliphatic heterocycles. The van der Waals surface area contributed by atoms with Gasteiger partial charge in [-0.1, -0.05) is 45.8 Å². The smallest absolute Gasteiger partial charge is 0.180 e. The van der Waals surface area contributed by atoms with Crippen LogP contribution in [0, 0.1) is 6.92 Å². The van der Waals surface area contributed by atoms with E-state index in [0.29, 0.717) is 5.56 Å². The number of hydrogen-bond donors (Lipinski definition) is 0. The molecular weight excluding hydrogens is 304 g/mol. The molecule has 98 valence electrons. The number of rotatable bonds is 4. The Hall–Kier alpha value is -1.61. The van der Waals surface area contributed by atoms with Gasteiger partial charge in [0, 0.05) is 5.56 Å². The van der Waals surface area contributed by atoms with Crippen LogP contribution >= 0.6 is 15.9 Å². The molecule has 0 saturated carbocycles. The molecule has 0 aliphatic carbocycles. The number of carbonyl (C=O) groups is 1. The summed E-state index contributed by atoms with van der Waals surface area (Å²) < 4.78 is 5.08. The van der Waals surface area contributed by atoms with Gasteiger partial charge in [-0.05, 0) is 36.8 Å². The van der Waals surface area contributed by atoms with Gasteiger partial charge in [-0.25, -0.2) is 0 Å². The quantitative estimate of drug-likeness (QED) is 0.619. The molecule has 0 radical (unpaired) electrons. The summed E-state index contributed by atoms with van der Waals surface area (Å²) in [7, 11) is 1.61. The molecule has 19 heavy (non-hydrogen) atoms. The minimum Gasteiger partial charge on any atom is -0.497 e. The number of aryl methyl sites for hydroxylation is 1. The van der Waals surface area contributed by atoms with Crippen molar-refractivity contribution in [3.63, 3.8) is 0 Å². The van der Waals surface area contributed by atoms with Crippen LogP contribution in [0.15, 0.2) is 48.5 Å². The van der Waals surface area contributed by atoms with Crippen molar-refractivity contribution in [1.29, 1.82) is 0 Å². The average Bonchev–Trinajstić information content (AvgIpc) is 2.46. The van der Waals surface area contributed by atoms with E-state index in [-0.39, 0.29) is 10.6 Å². The van der Waals surface area contributed by atoms with Crippen LogP contribution in [-0.4, -0.2) is 12.9 Å². The Labute approximate surface area is 121 Å². The fourth-order valence-electron chi connectivity index (χ4n) is 1.79. The van der Waals surface area contributed by atoms with E-state index >= 15 is 0 Å². The minimum absolute atomic E-state index is 0.0477. The van der Waals surface area contributed by atoms with E-state index in [4.69, 9.17) is 4.74 Å². The summed E-state index contributed by atoms with van der Waals surface area (Å²) in [6.45, 7) is 2.03. The zero-order valence-corrected chi connectivity index (χ0v) is 12.5. The van der Waals surface area contributed by atoms with Gasteiger partial charge in [0.1, 0.15) is 10.6 Å². The minimum atomic E-state index is -0.318. The molecular formula is C16H15BrO2. The third-order valence-electron chi connectivity index (χ3n) is 2.97. The Morgan fingerprint density at radius 2 is 1.63 bits per heavy atom. The van der Waals surface area contributed by atoms with Crippen molar-refractivity contribution < 1.29 is 9.53 Å². The summed E-state index contributed by atoms with van der Waals surface area (Å²) in [5.74, 6) is 0.796. The van der Waals surface area contributed by atoms with Crippen LogP contribution in [0.1, 0.15) is 26.3 Å². The van der Waals surface area contributed by atoms with Gasteiger partial charge < -0.3 is 4.74 Å². The first kappa shape index (κ1) is 13.8. The molecule has 2 nitrogen and oxygen atoms in total. The third kappa shape index (κ3) is 3.24. The number of Topliss-reactive ketones (excluding diaryl/α,β-unsaturated/α-hetero) is 1. The van der Waals surface area contributed by atoms with Gasteiger partial charge in [0.15, 0.2) is 5.78 Å². The summed E-state index contributed by atoms with van der Waals surface area (Å²) in [5, 5.41) is 0. The van der Waals surface area contributed by atoms with Gasteiger partial charge in [0.2, 0.25) is 0 Å². The van der Waals surface area contributed by atoms with Crippen LogP contribution in [0.4, 0.5) is 0 Å². The summed E-state index contributed by atoms with van der Waals surface area (Å²) in [5.41, 5.74) is 2.81. The van der Waals surface area contributed by atoms with E-state index in [0.717, 1.165) is 11.3 Å². The highest BCUT2D eigenvalue weighted by molar-refractivity contribution is 9.09. The Balaban J connectivity index is 2.20. The molecule has 0 amide bonds. The Kier molecular flexibility index (Phi) is 4.38. The van der Waals surface area contributed by atoms with Crippen molar-refractivity contribution in [2.24, 2.45) is 0 Å². The van der Waals surface area contributed by atoms with Gasteiger partial charge in [0.05, 0.1) is 7.11 Å². The van der Waals surface area contributed by atoms with Gasteiger partial charge in [-0.3, -0.25) is 4.79 Å². The van der Waals surface area contributed by atoms with Crippen LogP contribution in [0.5, 0.6) is 5.75 Å². The van der Waals surface area contributed by atoms with Gasteiger partial charge in [-0.15, -0.1) is 0 Å². The Morgan fingerprint density at radius 3 is 2.16 bits per heavy atom. The lowest BCUT2D eigenvalue weighted by Crippen LogP contribution is -2.07. The summed E-state index contributed by atoms with van der Waals surface area (Å²) >= 11 is 3.47. The second-order valence-corrected chi connectivity index (χ2v) is 5.28. The van der Waals surface area contributed by atoms with Crippen LogP contribution in [0.3, 0.4) is 0 Å². The van der Waals surface area contributed by atoms with Crippen molar-refractivity contribution in [3.8, 4) is 5.75 Å². The molecule has 0 heterocycles. The third-order valence-corrected chi connectivity index (χ3v) is 3.92. The van der Waals surface area contributed by atoms with Crippen molar-refractivity contribution in [2.75, 3.05) is 7.11 Å². The molecule has 0 fully saturated rings. The molecule has 2 aromatic rings. The highest BCUT2D eigenvalue weighted by Crippen LogP contribution is 2.27. The van der Waals surface area contributed by atoms with Gasteiger partial charge in [-0.2, -0.15) is 0 Å². The number of carbonyl (C=O) groups excluding carboxylic acids is 1. The van der Waals surface area contributed by atoms with Crippen LogP contribution < -0.4 is 4.74 Å². The number of ether oxygens (including phenoxy) is 1. The molecule has 1 atom stereocenters. The zero-order chi connectivity index (χ0) is 13.8. The number of methoxy groups -OCH3 is 1. The molecule has 0 aliphatic rings. The Bertz CT molecular complexity index is 558. The number of halogens is 1. The lowest BCUT2D eigenvalue weighted by Gasteiger charge is -2.10. The van der Waals surface area contributed by atoms with Gasteiger partial charge in [0.25, 0.3) is 0 Å². The van der Waals surface area contributed by atoms with Crippen molar-refractivity contribution in [2.45, 2.75) is 11.8 Å². The highest BCUT2D eigenvalue weighted by Gasteiger charge is 2.18. The number of benzene rings is 2. The molecule has 0 aromatic heterocycles. The fourth-order valence-corrected chi connectivity index (χ4v) is 2.36. The average molecular weight is 319 g/mol. The predicted octanol–water partition coefficient (Wildman–Crippen LogP) is 4.32. The van der Waals surface area contributed by atoms with Crippen molar-refractivity contribution >= 4 is 21.7 Å². The van der Waals surface area contributed by atoms with E-state index in [1.54, 1.807) is 31.4 Å². The molecule has 2 rings (SSSR count). The maximum absolute atomic E-state index is 12.3. The first-order valence-corrected chi connectivity index (χ1v) is 6.92. The SMILES string of the molecule is COc1ccc(C(=O)[C@H](Br)c2ccc(C)cc2)cc1. The molecule has 0 saturated heterocycles. The molecule has 2 aromatic carbocycles. The Morgan fingerprint density at radius 1 is 1.05 bits per heavy atom. The van der Waals surface area contributed by atoms with Crippen LogP contribution in [-0.2, 0) is 0 Å². The lowest BCUT2D eigenvalue weighted by atomic mass is 10.0. The largest absolute Gasteiger partial charge is 0.497 e. The van der Waals surface area contributed by atoms with E-state index < -0.39 is 0 Å². The van der Waals surface area contributed by atoms with Crippen LogP contribution in [0.2, 0.25) is 0 Å². The van der Waals surface area contributed by atoms with Crippen molar-refractivity contribution in [3.05, 3.63) is 65.2 Å². The molecule has 0 spiro atoms. The van der Waals surface area contributed by atoms with E-state index in [1.165, 1.54) is 5.56 Å². The monoisotopic (exact) mass is 318 g/mol.